The molecule has 8 heteroatoms. The van der Waals surface area contributed by atoms with Crippen molar-refractivity contribution in [3.8, 4) is 11.3 Å². The van der Waals surface area contributed by atoms with Crippen LogP contribution in [-0.2, 0) is 6.42 Å². The summed E-state index contributed by atoms with van der Waals surface area (Å²) in [6.07, 6.45) is 1.78. The fourth-order valence-electron chi connectivity index (χ4n) is 2.04. The number of halogens is 1. The smallest absolute Gasteiger partial charge is 0.279 e. The fourth-order valence-corrected chi connectivity index (χ4v) is 2.88. The molecule has 2 aromatic heterocycles. The number of aromatic nitrogens is 3. The van der Waals surface area contributed by atoms with E-state index >= 15 is 0 Å². The standard InChI is InChI=1S/C16H15FN4O2S/c1-3-4-14-19-20-16(24-14)18-15(22)12-8-13(23-21-12)10-6-5-9(2)11(17)7-10/h5-8H,3-4H2,1-2H3,(H,18,20,22). The molecule has 0 radical (unpaired) electrons. The van der Waals surface area contributed by atoms with Crippen LogP contribution in [0.25, 0.3) is 11.3 Å². The molecule has 0 fully saturated rings. The third kappa shape index (κ3) is 3.48. The van der Waals surface area contributed by atoms with Crippen LogP contribution in [0.4, 0.5) is 9.52 Å². The van der Waals surface area contributed by atoms with Crippen molar-refractivity contribution in [3.05, 3.63) is 46.3 Å². The van der Waals surface area contributed by atoms with Gasteiger partial charge in [-0.3, -0.25) is 10.1 Å². The number of carbonyl (C=O) groups excluding carboxylic acids is 1. The summed E-state index contributed by atoms with van der Waals surface area (Å²) in [4.78, 5) is 12.2. The Hall–Kier alpha value is -2.61. The maximum absolute atomic E-state index is 13.6. The number of nitrogens with zero attached hydrogens (tertiary/aromatic N) is 3. The van der Waals surface area contributed by atoms with E-state index in [1.54, 1.807) is 19.1 Å². The summed E-state index contributed by atoms with van der Waals surface area (Å²) < 4.78 is 18.8. The second-order valence-corrected chi connectivity index (χ2v) is 6.31. The molecule has 0 bridgehead atoms. The van der Waals surface area contributed by atoms with Crippen LogP contribution in [-0.4, -0.2) is 21.3 Å². The van der Waals surface area contributed by atoms with E-state index in [0.717, 1.165) is 17.8 Å². The zero-order valence-corrected chi connectivity index (χ0v) is 14.0. The summed E-state index contributed by atoms with van der Waals surface area (Å²) in [5.41, 5.74) is 1.15. The predicted octanol–water partition coefficient (Wildman–Crippen LogP) is 3.85. The number of aryl methyl sites for hydroxylation is 2. The molecule has 0 saturated heterocycles. The first kappa shape index (κ1) is 16.3. The van der Waals surface area contributed by atoms with Gasteiger partial charge in [-0.15, -0.1) is 10.2 Å². The van der Waals surface area contributed by atoms with Gasteiger partial charge in [-0.25, -0.2) is 4.39 Å². The van der Waals surface area contributed by atoms with Crippen molar-refractivity contribution in [1.82, 2.24) is 15.4 Å². The highest BCUT2D eigenvalue weighted by Crippen LogP contribution is 2.23. The van der Waals surface area contributed by atoms with Crippen LogP contribution in [0, 0.1) is 12.7 Å². The Morgan fingerprint density at radius 1 is 1.33 bits per heavy atom. The van der Waals surface area contributed by atoms with E-state index in [2.05, 4.69) is 20.7 Å². The zero-order chi connectivity index (χ0) is 17.1. The van der Waals surface area contributed by atoms with E-state index < -0.39 is 5.91 Å². The van der Waals surface area contributed by atoms with Crippen molar-refractivity contribution < 1.29 is 13.7 Å². The lowest BCUT2D eigenvalue weighted by molar-refractivity contribution is 0.101. The number of rotatable bonds is 5. The van der Waals surface area contributed by atoms with Crippen LogP contribution >= 0.6 is 11.3 Å². The number of hydrogen-bond acceptors (Lipinski definition) is 6. The first-order valence-corrected chi connectivity index (χ1v) is 8.25. The molecule has 0 aliphatic rings. The molecule has 3 aromatic rings. The number of hydrogen-bond donors (Lipinski definition) is 1. The topological polar surface area (TPSA) is 80.9 Å². The maximum atomic E-state index is 13.6. The van der Waals surface area contributed by atoms with Crippen molar-refractivity contribution >= 4 is 22.4 Å². The minimum atomic E-state index is -0.447. The number of benzene rings is 1. The van der Waals surface area contributed by atoms with Crippen molar-refractivity contribution in [2.45, 2.75) is 26.7 Å². The fraction of sp³-hybridized carbons (Fsp3) is 0.250. The predicted molar refractivity (Wildman–Crippen MR) is 88.5 cm³/mol. The first-order valence-electron chi connectivity index (χ1n) is 7.43. The van der Waals surface area contributed by atoms with Crippen LogP contribution in [0.3, 0.4) is 0 Å². The number of amides is 1. The molecule has 0 saturated carbocycles. The van der Waals surface area contributed by atoms with Gasteiger partial charge < -0.3 is 4.52 Å². The molecule has 1 aromatic carbocycles. The Kier molecular flexibility index (Phi) is 4.66. The third-order valence-electron chi connectivity index (χ3n) is 3.35. The van der Waals surface area contributed by atoms with Gasteiger partial charge in [0, 0.05) is 18.1 Å². The summed E-state index contributed by atoms with van der Waals surface area (Å²) >= 11 is 1.33. The quantitative estimate of drug-likeness (QED) is 0.759. The summed E-state index contributed by atoms with van der Waals surface area (Å²) in [7, 11) is 0. The van der Waals surface area contributed by atoms with Crippen LogP contribution < -0.4 is 5.32 Å². The van der Waals surface area contributed by atoms with Gasteiger partial charge in [0.2, 0.25) is 5.13 Å². The van der Waals surface area contributed by atoms with E-state index in [4.69, 9.17) is 4.52 Å². The lowest BCUT2D eigenvalue weighted by Gasteiger charge is -1.98. The van der Waals surface area contributed by atoms with Gasteiger partial charge in [0.15, 0.2) is 11.5 Å². The monoisotopic (exact) mass is 346 g/mol. The molecule has 0 atom stereocenters. The molecular weight excluding hydrogens is 331 g/mol. The van der Waals surface area contributed by atoms with E-state index in [0.29, 0.717) is 22.0 Å². The molecule has 124 valence electrons. The van der Waals surface area contributed by atoms with Crippen molar-refractivity contribution in [3.63, 3.8) is 0 Å². The number of nitrogens with one attached hydrogen (secondary N) is 1. The lowest BCUT2D eigenvalue weighted by atomic mass is 10.1. The van der Waals surface area contributed by atoms with Gasteiger partial charge in [-0.2, -0.15) is 0 Å². The third-order valence-corrected chi connectivity index (χ3v) is 4.25. The Bertz CT molecular complexity index is 875. The van der Waals surface area contributed by atoms with Crippen LogP contribution in [0.1, 0.15) is 34.4 Å². The van der Waals surface area contributed by atoms with Gasteiger partial charge in [-0.1, -0.05) is 35.5 Å². The average molecular weight is 346 g/mol. The molecule has 2 heterocycles. The Morgan fingerprint density at radius 3 is 2.92 bits per heavy atom. The largest absolute Gasteiger partial charge is 0.355 e. The molecule has 0 aliphatic carbocycles. The molecular formula is C16H15FN4O2S. The molecule has 3 rings (SSSR count). The van der Waals surface area contributed by atoms with Crippen molar-refractivity contribution in [2.75, 3.05) is 5.32 Å². The van der Waals surface area contributed by atoms with Gasteiger partial charge in [0.1, 0.15) is 10.8 Å². The molecule has 6 nitrogen and oxygen atoms in total. The summed E-state index contributed by atoms with van der Waals surface area (Å²) in [6, 6.07) is 6.17. The lowest BCUT2D eigenvalue weighted by Crippen LogP contribution is -2.11. The van der Waals surface area contributed by atoms with E-state index in [1.807, 2.05) is 6.92 Å². The van der Waals surface area contributed by atoms with E-state index in [-0.39, 0.29) is 11.5 Å². The normalized spacial score (nSPS) is 10.8. The van der Waals surface area contributed by atoms with Gasteiger partial charge in [0.05, 0.1) is 0 Å². The van der Waals surface area contributed by atoms with E-state index in [1.165, 1.54) is 23.5 Å². The summed E-state index contributed by atoms with van der Waals surface area (Å²) in [5, 5.41) is 15.5. The second kappa shape index (κ2) is 6.88. The van der Waals surface area contributed by atoms with Crippen molar-refractivity contribution in [2.24, 2.45) is 0 Å². The molecule has 1 amide bonds. The van der Waals surface area contributed by atoms with Crippen LogP contribution in [0.5, 0.6) is 0 Å². The molecule has 0 aliphatic heterocycles. The average Bonchev–Trinajstić information content (AvgIpc) is 3.20. The Morgan fingerprint density at radius 2 is 2.17 bits per heavy atom. The highest BCUT2D eigenvalue weighted by molar-refractivity contribution is 7.15. The SMILES string of the molecule is CCCc1nnc(NC(=O)c2cc(-c3ccc(C)c(F)c3)on2)s1. The maximum Gasteiger partial charge on any atom is 0.279 e. The summed E-state index contributed by atoms with van der Waals surface area (Å²) in [5.74, 6) is -0.466. The second-order valence-electron chi connectivity index (χ2n) is 5.25. The number of carbonyl (C=O) groups is 1. The highest BCUT2D eigenvalue weighted by atomic mass is 32.1. The van der Waals surface area contributed by atoms with Gasteiger partial charge in [0.25, 0.3) is 5.91 Å². The van der Waals surface area contributed by atoms with Crippen LogP contribution in [0.2, 0.25) is 0 Å². The number of anilines is 1. The van der Waals surface area contributed by atoms with E-state index in [9.17, 15) is 9.18 Å². The molecule has 0 spiro atoms. The first-order chi connectivity index (χ1) is 11.6. The minimum absolute atomic E-state index is 0.0956. The Balaban J connectivity index is 1.74. The Labute approximate surface area is 141 Å². The summed E-state index contributed by atoms with van der Waals surface area (Å²) in [6.45, 7) is 3.72. The van der Waals surface area contributed by atoms with Crippen molar-refractivity contribution in [1.29, 1.82) is 0 Å². The van der Waals surface area contributed by atoms with Crippen LogP contribution in [0.15, 0.2) is 28.8 Å². The van der Waals surface area contributed by atoms with Gasteiger partial charge in [-0.05, 0) is 25.0 Å². The molecule has 0 unspecified atom stereocenters. The highest BCUT2D eigenvalue weighted by Gasteiger charge is 2.16. The molecule has 1 N–H and O–H groups in total. The minimum Gasteiger partial charge on any atom is -0.355 e. The van der Waals surface area contributed by atoms with Gasteiger partial charge >= 0.3 is 0 Å². The molecule has 24 heavy (non-hydrogen) atoms. The zero-order valence-electron chi connectivity index (χ0n) is 13.2.